The highest BCUT2D eigenvalue weighted by atomic mass is 32.1. The van der Waals surface area contributed by atoms with Gasteiger partial charge in [-0.1, -0.05) is 5.16 Å². The number of hydrogen-bond donors (Lipinski definition) is 1. The molecular formula is C21H14F2N4O5S. The van der Waals surface area contributed by atoms with Crippen LogP contribution in [0.15, 0.2) is 53.1 Å². The lowest BCUT2D eigenvalue weighted by Gasteiger charge is -2.18. The Morgan fingerprint density at radius 1 is 1.03 bits per heavy atom. The lowest BCUT2D eigenvalue weighted by Crippen LogP contribution is -2.15. The van der Waals surface area contributed by atoms with Crippen molar-refractivity contribution in [2.24, 2.45) is 0 Å². The zero-order valence-electron chi connectivity index (χ0n) is 16.7. The summed E-state index contributed by atoms with van der Waals surface area (Å²) in [6.07, 6.45) is 0. The van der Waals surface area contributed by atoms with Gasteiger partial charge in [0.1, 0.15) is 19.0 Å². The normalized spacial score (nSPS) is 12.6. The Labute approximate surface area is 189 Å². The summed E-state index contributed by atoms with van der Waals surface area (Å²) in [4.78, 5) is 16.8. The number of carbonyl (C=O) groups excluding carboxylic acids is 1. The monoisotopic (exact) mass is 472 g/mol. The van der Waals surface area contributed by atoms with Crippen LogP contribution in [-0.2, 0) is 0 Å². The van der Waals surface area contributed by atoms with Crippen molar-refractivity contribution < 1.29 is 32.3 Å². The zero-order valence-corrected chi connectivity index (χ0v) is 17.5. The number of nitrogens with zero attached hydrogens (tertiary/aromatic N) is 3. The minimum Gasteiger partial charge on any atom is -0.486 e. The average molecular weight is 472 g/mol. The highest BCUT2D eigenvalue weighted by Gasteiger charge is 2.19. The van der Waals surface area contributed by atoms with Gasteiger partial charge in [-0.25, -0.2) is 0 Å². The second-order valence-electron chi connectivity index (χ2n) is 6.71. The molecule has 0 fully saturated rings. The smallest absolute Gasteiger partial charge is 0.387 e. The first-order valence-electron chi connectivity index (χ1n) is 9.62. The lowest BCUT2D eigenvalue weighted by atomic mass is 10.1. The van der Waals surface area contributed by atoms with Gasteiger partial charge >= 0.3 is 6.61 Å². The first kappa shape index (κ1) is 20.8. The van der Waals surface area contributed by atoms with Gasteiger partial charge in [0.25, 0.3) is 5.91 Å². The Hall–Kier alpha value is -4.06. The molecule has 1 N–H and O–H groups in total. The number of nitrogens with one attached hydrogen (secondary N) is 1. The third-order valence-corrected chi connectivity index (χ3v) is 5.18. The van der Waals surface area contributed by atoms with Crippen LogP contribution < -0.4 is 19.5 Å². The standard InChI is InChI=1S/C21H14F2N4O5S/c22-20(23)31-13-4-1-11(2-5-13)18-24-21(33-27-18)25-19(28)14-10-16(32-26-14)12-3-6-15-17(9-12)30-8-7-29-15/h1-6,9-10,20H,7-8H2,(H,24,25,27,28). The molecule has 168 valence electrons. The number of aromatic nitrogens is 3. The van der Waals surface area contributed by atoms with Crippen molar-refractivity contribution in [3.8, 4) is 40.0 Å². The van der Waals surface area contributed by atoms with E-state index < -0.39 is 12.5 Å². The van der Waals surface area contributed by atoms with E-state index in [1.165, 1.54) is 18.2 Å². The van der Waals surface area contributed by atoms with Crippen LogP contribution in [0.2, 0.25) is 0 Å². The maximum atomic E-state index is 12.6. The largest absolute Gasteiger partial charge is 0.486 e. The van der Waals surface area contributed by atoms with E-state index in [2.05, 4.69) is 24.6 Å². The van der Waals surface area contributed by atoms with Crippen molar-refractivity contribution in [1.29, 1.82) is 0 Å². The molecule has 1 aliphatic heterocycles. The van der Waals surface area contributed by atoms with Crippen molar-refractivity contribution in [1.82, 2.24) is 14.5 Å². The predicted molar refractivity (Wildman–Crippen MR) is 113 cm³/mol. The SMILES string of the molecule is O=C(Nc1nc(-c2ccc(OC(F)F)cc2)ns1)c1cc(-c2ccc3c(c2)OCCO3)on1. The number of benzene rings is 2. The van der Waals surface area contributed by atoms with Crippen LogP contribution in [0.1, 0.15) is 10.5 Å². The van der Waals surface area contributed by atoms with Gasteiger partial charge < -0.3 is 18.7 Å². The Morgan fingerprint density at radius 2 is 1.79 bits per heavy atom. The van der Waals surface area contributed by atoms with E-state index in [4.69, 9.17) is 14.0 Å². The summed E-state index contributed by atoms with van der Waals surface area (Å²) in [5.41, 5.74) is 1.32. The molecule has 0 radical (unpaired) electrons. The summed E-state index contributed by atoms with van der Waals surface area (Å²) >= 11 is 0.968. The van der Waals surface area contributed by atoms with Gasteiger partial charge in [-0.15, -0.1) is 0 Å². The third-order valence-electron chi connectivity index (χ3n) is 4.55. The van der Waals surface area contributed by atoms with E-state index in [-0.39, 0.29) is 16.6 Å². The molecular weight excluding hydrogens is 458 g/mol. The Morgan fingerprint density at radius 3 is 2.58 bits per heavy atom. The van der Waals surface area contributed by atoms with E-state index >= 15 is 0 Å². The number of rotatable bonds is 6. The lowest BCUT2D eigenvalue weighted by molar-refractivity contribution is -0.0498. The Bertz CT molecular complexity index is 1290. The maximum Gasteiger partial charge on any atom is 0.387 e. The summed E-state index contributed by atoms with van der Waals surface area (Å²) in [6, 6.07) is 12.7. The quantitative estimate of drug-likeness (QED) is 0.437. The average Bonchev–Trinajstić information content (AvgIpc) is 3.49. The van der Waals surface area contributed by atoms with E-state index in [1.54, 1.807) is 30.3 Å². The third kappa shape index (κ3) is 4.60. The van der Waals surface area contributed by atoms with Crippen LogP contribution in [0.5, 0.6) is 17.2 Å². The Kier molecular flexibility index (Phi) is 5.57. The summed E-state index contributed by atoms with van der Waals surface area (Å²) in [7, 11) is 0. The molecule has 1 aliphatic rings. The van der Waals surface area contributed by atoms with Crippen molar-refractivity contribution in [2.75, 3.05) is 18.5 Å². The molecule has 33 heavy (non-hydrogen) atoms. The highest BCUT2D eigenvalue weighted by molar-refractivity contribution is 7.10. The second-order valence-corrected chi connectivity index (χ2v) is 7.47. The summed E-state index contributed by atoms with van der Waals surface area (Å²) < 4.78 is 49.4. The molecule has 5 rings (SSSR count). The fourth-order valence-electron chi connectivity index (χ4n) is 3.05. The van der Waals surface area contributed by atoms with Crippen LogP contribution in [0, 0.1) is 0 Å². The van der Waals surface area contributed by atoms with Gasteiger partial charge in [-0.2, -0.15) is 18.1 Å². The molecule has 3 heterocycles. The van der Waals surface area contributed by atoms with Gasteiger partial charge in [0.15, 0.2) is 28.8 Å². The van der Waals surface area contributed by atoms with Gasteiger partial charge in [0.05, 0.1) is 0 Å². The first-order valence-corrected chi connectivity index (χ1v) is 10.4. The molecule has 0 bridgehead atoms. The van der Waals surface area contributed by atoms with Crippen molar-refractivity contribution >= 4 is 22.6 Å². The van der Waals surface area contributed by atoms with E-state index in [1.807, 2.05) is 0 Å². The number of alkyl halides is 2. The number of hydrogen-bond acceptors (Lipinski definition) is 9. The molecule has 12 heteroatoms. The molecule has 1 amide bonds. The maximum absolute atomic E-state index is 12.6. The fraction of sp³-hybridized carbons (Fsp3) is 0.143. The molecule has 9 nitrogen and oxygen atoms in total. The van der Waals surface area contributed by atoms with E-state index in [0.29, 0.717) is 47.4 Å². The molecule has 2 aromatic heterocycles. The van der Waals surface area contributed by atoms with Crippen LogP contribution >= 0.6 is 11.5 Å². The second kappa shape index (κ2) is 8.82. The van der Waals surface area contributed by atoms with Crippen LogP contribution in [-0.4, -0.2) is 40.2 Å². The minimum atomic E-state index is -2.90. The summed E-state index contributed by atoms with van der Waals surface area (Å²) in [6.45, 7) is -1.95. The number of ether oxygens (including phenoxy) is 3. The molecule has 0 atom stereocenters. The predicted octanol–water partition coefficient (Wildman–Crippen LogP) is 4.49. The van der Waals surface area contributed by atoms with Crippen molar-refractivity contribution in [2.45, 2.75) is 6.61 Å². The van der Waals surface area contributed by atoms with E-state index in [9.17, 15) is 13.6 Å². The van der Waals surface area contributed by atoms with Gasteiger partial charge in [0.2, 0.25) is 5.13 Å². The van der Waals surface area contributed by atoms with Crippen LogP contribution in [0.25, 0.3) is 22.7 Å². The van der Waals surface area contributed by atoms with Crippen LogP contribution in [0.4, 0.5) is 13.9 Å². The number of fused-ring (bicyclic) bond motifs is 1. The highest BCUT2D eigenvalue weighted by Crippen LogP contribution is 2.34. The topological polar surface area (TPSA) is 109 Å². The number of carbonyl (C=O) groups is 1. The number of halogens is 2. The molecule has 0 spiro atoms. The van der Waals surface area contributed by atoms with Crippen LogP contribution in [0.3, 0.4) is 0 Å². The first-order chi connectivity index (χ1) is 16.0. The van der Waals surface area contributed by atoms with Gasteiger partial charge in [0, 0.05) is 28.7 Å². The summed E-state index contributed by atoms with van der Waals surface area (Å²) in [5, 5.41) is 6.68. The molecule has 2 aromatic carbocycles. The zero-order chi connectivity index (χ0) is 22.8. The molecule has 0 saturated carbocycles. The Balaban J connectivity index is 1.26. The van der Waals surface area contributed by atoms with Gasteiger partial charge in [-0.3, -0.25) is 10.1 Å². The minimum absolute atomic E-state index is 0.0253. The number of anilines is 1. The van der Waals surface area contributed by atoms with E-state index in [0.717, 1.165) is 11.5 Å². The molecule has 0 saturated heterocycles. The molecule has 0 unspecified atom stereocenters. The molecule has 4 aromatic rings. The molecule has 0 aliphatic carbocycles. The fourth-order valence-corrected chi connectivity index (χ4v) is 3.64. The van der Waals surface area contributed by atoms with Crippen molar-refractivity contribution in [3.05, 3.63) is 54.2 Å². The number of amides is 1. The van der Waals surface area contributed by atoms with Crippen molar-refractivity contribution in [3.63, 3.8) is 0 Å². The summed E-state index contributed by atoms with van der Waals surface area (Å²) in [5.74, 6) is 1.46. The van der Waals surface area contributed by atoms with Gasteiger partial charge in [-0.05, 0) is 42.5 Å².